The second kappa shape index (κ2) is 8.01. The Bertz CT molecular complexity index is 668. The first-order chi connectivity index (χ1) is 12.7. The van der Waals surface area contributed by atoms with Crippen LogP contribution in [0.2, 0.25) is 0 Å². The molecule has 1 spiro atoms. The third-order valence-corrected chi connectivity index (χ3v) is 5.59. The van der Waals surface area contributed by atoms with Gasteiger partial charge in [-0.25, -0.2) is 0 Å². The predicted molar refractivity (Wildman–Crippen MR) is 107 cm³/mol. The summed E-state index contributed by atoms with van der Waals surface area (Å²) in [5, 5.41) is 3.06. The van der Waals surface area contributed by atoms with Gasteiger partial charge in [0, 0.05) is 37.0 Å². The SMILES string of the molecule is CC(C)(C)NC(=O)CN1CCC[C@]2(CCC(=O)N(Cc3ccccc3)C2)C1. The Hall–Kier alpha value is -1.88. The van der Waals surface area contributed by atoms with Crippen molar-refractivity contribution in [2.24, 2.45) is 5.41 Å². The highest BCUT2D eigenvalue weighted by Gasteiger charge is 2.41. The van der Waals surface area contributed by atoms with Crippen molar-refractivity contribution in [2.75, 3.05) is 26.2 Å². The van der Waals surface area contributed by atoms with Crippen molar-refractivity contribution >= 4 is 11.8 Å². The van der Waals surface area contributed by atoms with Gasteiger partial charge in [-0.2, -0.15) is 0 Å². The van der Waals surface area contributed by atoms with Crippen LogP contribution in [0.5, 0.6) is 0 Å². The van der Waals surface area contributed by atoms with Gasteiger partial charge in [0.25, 0.3) is 0 Å². The molecule has 0 unspecified atom stereocenters. The molecule has 148 valence electrons. The Labute approximate surface area is 163 Å². The Kier molecular flexibility index (Phi) is 5.89. The Morgan fingerprint density at radius 1 is 1.15 bits per heavy atom. The molecule has 2 aliphatic heterocycles. The van der Waals surface area contributed by atoms with Gasteiger partial charge in [0.05, 0.1) is 6.54 Å². The number of carbonyl (C=O) groups is 2. The number of nitrogens with one attached hydrogen (secondary N) is 1. The van der Waals surface area contributed by atoms with Gasteiger partial charge in [-0.1, -0.05) is 30.3 Å². The number of benzene rings is 1. The largest absolute Gasteiger partial charge is 0.350 e. The predicted octanol–water partition coefficient (Wildman–Crippen LogP) is 2.81. The van der Waals surface area contributed by atoms with Gasteiger partial charge >= 0.3 is 0 Å². The van der Waals surface area contributed by atoms with Gasteiger partial charge in [0.1, 0.15) is 0 Å². The molecule has 5 heteroatoms. The number of amides is 2. The number of piperidine rings is 2. The Balaban J connectivity index is 1.62. The summed E-state index contributed by atoms with van der Waals surface area (Å²) in [4.78, 5) is 29.1. The van der Waals surface area contributed by atoms with E-state index in [1.54, 1.807) is 0 Å². The van der Waals surface area contributed by atoms with Gasteiger partial charge in [-0.3, -0.25) is 14.5 Å². The number of likely N-dealkylation sites (tertiary alicyclic amines) is 2. The van der Waals surface area contributed by atoms with Crippen molar-refractivity contribution in [1.82, 2.24) is 15.1 Å². The van der Waals surface area contributed by atoms with Crippen LogP contribution in [0.1, 0.15) is 52.0 Å². The lowest BCUT2D eigenvalue weighted by Crippen LogP contribution is -2.55. The average molecular weight is 372 g/mol. The van der Waals surface area contributed by atoms with E-state index in [0.717, 1.165) is 38.9 Å². The molecular formula is C22H33N3O2. The summed E-state index contributed by atoms with van der Waals surface area (Å²) in [6, 6.07) is 10.2. The van der Waals surface area contributed by atoms with Crippen molar-refractivity contribution in [3.8, 4) is 0 Å². The number of carbonyl (C=O) groups excluding carboxylic acids is 2. The van der Waals surface area contributed by atoms with E-state index in [4.69, 9.17) is 0 Å². The molecule has 1 N–H and O–H groups in total. The quantitative estimate of drug-likeness (QED) is 0.885. The monoisotopic (exact) mass is 371 g/mol. The first kappa shape index (κ1) is 19.9. The topological polar surface area (TPSA) is 52.7 Å². The van der Waals surface area contributed by atoms with Crippen LogP contribution in [-0.2, 0) is 16.1 Å². The second-order valence-corrected chi connectivity index (χ2v) is 9.35. The van der Waals surface area contributed by atoms with Crippen LogP contribution in [0.25, 0.3) is 0 Å². The first-order valence-corrected chi connectivity index (χ1v) is 10.1. The average Bonchev–Trinajstić information content (AvgIpc) is 2.58. The lowest BCUT2D eigenvalue weighted by molar-refractivity contribution is -0.141. The fourth-order valence-corrected chi connectivity index (χ4v) is 4.49. The highest BCUT2D eigenvalue weighted by atomic mass is 16.2. The fraction of sp³-hybridized carbons (Fsp3) is 0.636. The molecule has 0 bridgehead atoms. The molecule has 0 radical (unpaired) electrons. The van der Waals surface area contributed by atoms with Crippen molar-refractivity contribution in [2.45, 2.75) is 58.5 Å². The maximum atomic E-state index is 12.5. The third-order valence-electron chi connectivity index (χ3n) is 5.59. The summed E-state index contributed by atoms with van der Waals surface area (Å²) < 4.78 is 0. The Morgan fingerprint density at radius 2 is 1.89 bits per heavy atom. The molecule has 1 aromatic rings. The van der Waals surface area contributed by atoms with E-state index < -0.39 is 0 Å². The van der Waals surface area contributed by atoms with E-state index in [2.05, 4.69) is 22.3 Å². The molecule has 27 heavy (non-hydrogen) atoms. The standard InChI is InChI=1S/C22H33N3O2/c1-21(2,3)23-19(26)15-24-13-7-11-22(16-24)12-10-20(27)25(17-22)14-18-8-5-4-6-9-18/h4-6,8-9H,7,10-17H2,1-3H3,(H,23,26)/t22-/m0/s1. The molecule has 0 saturated carbocycles. The summed E-state index contributed by atoms with van der Waals surface area (Å²) in [6.07, 6.45) is 3.79. The maximum absolute atomic E-state index is 12.5. The minimum absolute atomic E-state index is 0.0903. The molecule has 0 aliphatic carbocycles. The van der Waals surface area contributed by atoms with Gasteiger partial charge in [-0.05, 0) is 52.1 Å². The molecule has 0 aromatic heterocycles. The molecular weight excluding hydrogens is 338 g/mol. The van der Waals surface area contributed by atoms with Crippen molar-refractivity contribution in [3.05, 3.63) is 35.9 Å². The van der Waals surface area contributed by atoms with E-state index in [9.17, 15) is 9.59 Å². The van der Waals surface area contributed by atoms with E-state index >= 15 is 0 Å². The van der Waals surface area contributed by atoms with E-state index in [1.807, 2.05) is 43.9 Å². The Morgan fingerprint density at radius 3 is 2.59 bits per heavy atom. The molecule has 2 heterocycles. The van der Waals surface area contributed by atoms with Crippen LogP contribution in [0.15, 0.2) is 30.3 Å². The highest BCUT2D eigenvalue weighted by Crippen LogP contribution is 2.39. The van der Waals surface area contributed by atoms with Gasteiger partial charge in [-0.15, -0.1) is 0 Å². The van der Waals surface area contributed by atoms with Crippen molar-refractivity contribution in [3.63, 3.8) is 0 Å². The molecule has 1 atom stereocenters. The molecule has 3 rings (SSSR count). The fourth-order valence-electron chi connectivity index (χ4n) is 4.49. The van der Waals surface area contributed by atoms with Crippen molar-refractivity contribution < 1.29 is 9.59 Å². The lowest BCUT2D eigenvalue weighted by Gasteiger charge is -2.48. The number of rotatable bonds is 4. The second-order valence-electron chi connectivity index (χ2n) is 9.35. The summed E-state index contributed by atoms with van der Waals surface area (Å²) in [6.45, 7) is 9.84. The highest BCUT2D eigenvalue weighted by molar-refractivity contribution is 5.79. The minimum atomic E-state index is -0.200. The van der Waals surface area contributed by atoms with Gasteiger partial charge in [0.2, 0.25) is 11.8 Å². The van der Waals surface area contributed by atoms with Crippen LogP contribution in [0.4, 0.5) is 0 Å². The van der Waals surface area contributed by atoms with Crippen LogP contribution in [0.3, 0.4) is 0 Å². The summed E-state index contributed by atoms with van der Waals surface area (Å²) >= 11 is 0. The lowest BCUT2D eigenvalue weighted by atomic mass is 9.73. The number of hydrogen-bond acceptors (Lipinski definition) is 3. The van der Waals surface area contributed by atoms with Crippen LogP contribution in [-0.4, -0.2) is 53.3 Å². The zero-order chi connectivity index (χ0) is 19.5. The summed E-state index contributed by atoms with van der Waals surface area (Å²) in [7, 11) is 0. The molecule has 2 saturated heterocycles. The molecule has 5 nitrogen and oxygen atoms in total. The first-order valence-electron chi connectivity index (χ1n) is 10.1. The molecule has 1 aromatic carbocycles. The van der Waals surface area contributed by atoms with E-state index in [-0.39, 0.29) is 22.8 Å². The summed E-state index contributed by atoms with van der Waals surface area (Å²) in [5.74, 6) is 0.347. The summed E-state index contributed by atoms with van der Waals surface area (Å²) in [5.41, 5.74) is 1.11. The maximum Gasteiger partial charge on any atom is 0.234 e. The molecule has 2 aliphatic rings. The zero-order valence-corrected chi connectivity index (χ0v) is 17.0. The normalized spacial score (nSPS) is 24.3. The van der Waals surface area contributed by atoms with E-state index in [0.29, 0.717) is 19.5 Å². The van der Waals surface area contributed by atoms with Gasteiger partial charge in [0.15, 0.2) is 0 Å². The smallest absolute Gasteiger partial charge is 0.234 e. The third kappa shape index (κ3) is 5.55. The minimum Gasteiger partial charge on any atom is -0.350 e. The van der Waals surface area contributed by atoms with Crippen LogP contribution < -0.4 is 5.32 Å². The molecule has 2 fully saturated rings. The van der Waals surface area contributed by atoms with E-state index in [1.165, 1.54) is 5.56 Å². The van der Waals surface area contributed by atoms with Crippen LogP contribution in [0, 0.1) is 5.41 Å². The van der Waals surface area contributed by atoms with Crippen LogP contribution >= 0.6 is 0 Å². The zero-order valence-electron chi connectivity index (χ0n) is 17.0. The number of hydrogen-bond donors (Lipinski definition) is 1. The van der Waals surface area contributed by atoms with Gasteiger partial charge < -0.3 is 10.2 Å². The molecule has 2 amide bonds. The van der Waals surface area contributed by atoms with Crippen molar-refractivity contribution in [1.29, 1.82) is 0 Å². The number of nitrogens with zero attached hydrogens (tertiary/aromatic N) is 2.